The monoisotopic (exact) mass is 361 g/mol. The first-order valence-electron chi connectivity index (χ1n) is 8.86. The summed E-state index contributed by atoms with van der Waals surface area (Å²) in [4.78, 5) is 24.7. The van der Waals surface area contributed by atoms with Gasteiger partial charge >= 0.3 is 0 Å². The molecule has 1 rings (SSSR count). The predicted octanol–water partition coefficient (Wildman–Crippen LogP) is 3.48. The highest BCUT2D eigenvalue weighted by Crippen LogP contribution is 2.25. The maximum atomic E-state index is 11.8. The second-order valence-electron chi connectivity index (χ2n) is 6.85. The molecule has 0 fully saturated rings. The van der Waals surface area contributed by atoms with Crippen LogP contribution in [0.3, 0.4) is 0 Å². The molecule has 3 atom stereocenters. The van der Waals surface area contributed by atoms with E-state index in [1.165, 1.54) is 0 Å². The molecule has 0 aliphatic carbocycles. The first-order valence-corrected chi connectivity index (χ1v) is 8.86. The average molecular weight is 361 g/mol. The van der Waals surface area contributed by atoms with Crippen LogP contribution in [-0.4, -0.2) is 44.4 Å². The van der Waals surface area contributed by atoms with Crippen molar-refractivity contribution >= 4 is 12.2 Å². The highest BCUT2D eigenvalue weighted by atomic mass is 16.5. The zero-order valence-corrected chi connectivity index (χ0v) is 16.7. The van der Waals surface area contributed by atoms with Gasteiger partial charge in [0.1, 0.15) is 12.0 Å². The first kappa shape index (κ1) is 21.9. The Morgan fingerprint density at radius 1 is 1.19 bits per heavy atom. The highest BCUT2D eigenvalue weighted by Gasteiger charge is 2.25. The zero-order valence-electron chi connectivity index (χ0n) is 16.7. The highest BCUT2D eigenvalue weighted by molar-refractivity contribution is 5.77. The lowest BCUT2D eigenvalue weighted by atomic mass is 9.88. The Morgan fingerprint density at radius 2 is 1.81 bits per heavy atom. The topological polar surface area (TPSA) is 55.8 Å². The van der Waals surface area contributed by atoms with Gasteiger partial charge in [-0.3, -0.25) is 4.79 Å². The van der Waals surface area contributed by atoms with E-state index in [2.05, 4.69) is 0 Å². The van der Waals surface area contributed by atoms with E-state index in [1.54, 1.807) is 26.1 Å². The van der Waals surface area contributed by atoms with Crippen molar-refractivity contribution in [3.05, 3.63) is 41.5 Å². The van der Waals surface area contributed by atoms with Crippen molar-refractivity contribution in [1.29, 1.82) is 0 Å². The number of ether oxygens (including phenoxy) is 2. The Morgan fingerprint density at radius 3 is 2.31 bits per heavy atom. The summed E-state index contributed by atoms with van der Waals surface area (Å²) in [6.45, 7) is 6.29. The molecule has 0 spiro atoms. The standard InChI is InChI=1S/C21H31NO4/c1-15(7-12-20(24)22(4)5)17(3)21(16(2)13-23)26-14-18-8-10-19(25-6)11-9-18/h7-11,13,16-17,21H,12,14H2,1-6H3/b15-7+/t16-,17+,21-/m1/s1. The van der Waals surface area contributed by atoms with E-state index >= 15 is 0 Å². The van der Waals surface area contributed by atoms with Crippen molar-refractivity contribution in [3.63, 3.8) is 0 Å². The van der Waals surface area contributed by atoms with Crippen LogP contribution in [0.25, 0.3) is 0 Å². The maximum absolute atomic E-state index is 11.8. The van der Waals surface area contributed by atoms with Gasteiger partial charge in [0.25, 0.3) is 0 Å². The van der Waals surface area contributed by atoms with Crippen molar-refractivity contribution in [2.45, 2.75) is 39.9 Å². The molecule has 144 valence electrons. The average Bonchev–Trinajstić information content (AvgIpc) is 2.65. The van der Waals surface area contributed by atoms with E-state index in [-0.39, 0.29) is 23.8 Å². The van der Waals surface area contributed by atoms with E-state index in [1.807, 2.05) is 51.1 Å². The van der Waals surface area contributed by atoms with E-state index in [0.717, 1.165) is 23.2 Å². The van der Waals surface area contributed by atoms with Crippen LogP contribution in [0.1, 0.15) is 32.8 Å². The van der Waals surface area contributed by atoms with Crippen molar-refractivity contribution < 1.29 is 19.1 Å². The van der Waals surface area contributed by atoms with E-state index in [9.17, 15) is 9.59 Å². The summed E-state index contributed by atoms with van der Waals surface area (Å²) in [6, 6.07) is 7.67. The number of amides is 1. The molecule has 0 aromatic heterocycles. The molecule has 5 nitrogen and oxygen atoms in total. The molecule has 5 heteroatoms. The smallest absolute Gasteiger partial charge is 0.225 e. The summed E-state index contributed by atoms with van der Waals surface area (Å²) in [5.41, 5.74) is 2.07. The molecule has 0 unspecified atom stereocenters. The number of methoxy groups -OCH3 is 1. The number of hydrogen-bond acceptors (Lipinski definition) is 4. The van der Waals surface area contributed by atoms with Gasteiger partial charge in [-0.1, -0.05) is 37.6 Å². The molecule has 0 N–H and O–H groups in total. The zero-order chi connectivity index (χ0) is 19.7. The minimum Gasteiger partial charge on any atom is -0.497 e. The van der Waals surface area contributed by atoms with Gasteiger partial charge in [-0.2, -0.15) is 0 Å². The fourth-order valence-electron chi connectivity index (χ4n) is 2.62. The largest absolute Gasteiger partial charge is 0.497 e. The Balaban J connectivity index is 2.79. The lowest BCUT2D eigenvalue weighted by Crippen LogP contribution is -2.31. The van der Waals surface area contributed by atoms with E-state index in [0.29, 0.717) is 13.0 Å². The maximum Gasteiger partial charge on any atom is 0.225 e. The molecule has 0 bridgehead atoms. The molecule has 0 radical (unpaired) electrons. The van der Waals surface area contributed by atoms with Crippen molar-refractivity contribution in [2.24, 2.45) is 11.8 Å². The third-order valence-electron chi connectivity index (χ3n) is 4.64. The van der Waals surface area contributed by atoms with Crippen LogP contribution < -0.4 is 4.74 Å². The van der Waals surface area contributed by atoms with Gasteiger partial charge in [0.2, 0.25) is 5.91 Å². The SMILES string of the molecule is COc1ccc(CO[C@H]([C@H](C)C=O)[C@@H](C)/C(C)=C/CC(=O)N(C)C)cc1. The summed E-state index contributed by atoms with van der Waals surface area (Å²) >= 11 is 0. The Kier molecular flexibility index (Phi) is 9.07. The number of hydrogen-bond donors (Lipinski definition) is 0. The van der Waals surface area contributed by atoms with Gasteiger partial charge < -0.3 is 19.2 Å². The molecular weight excluding hydrogens is 330 g/mol. The van der Waals surface area contributed by atoms with Crippen LogP contribution in [0.15, 0.2) is 35.9 Å². The van der Waals surface area contributed by atoms with Gasteiger partial charge in [-0.15, -0.1) is 0 Å². The lowest BCUT2D eigenvalue weighted by molar-refractivity contribution is -0.127. The predicted molar refractivity (Wildman–Crippen MR) is 103 cm³/mol. The van der Waals surface area contributed by atoms with E-state index in [4.69, 9.17) is 9.47 Å². The van der Waals surface area contributed by atoms with Gasteiger partial charge in [-0.05, 0) is 24.6 Å². The van der Waals surface area contributed by atoms with Crippen LogP contribution in [0.2, 0.25) is 0 Å². The second kappa shape index (κ2) is 10.8. The van der Waals surface area contributed by atoms with Gasteiger partial charge in [0.15, 0.2) is 0 Å². The van der Waals surface area contributed by atoms with Crippen LogP contribution in [0.4, 0.5) is 0 Å². The van der Waals surface area contributed by atoms with Gasteiger partial charge in [0, 0.05) is 32.4 Å². The summed E-state index contributed by atoms with van der Waals surface area (Å²) in [5.74, 6) is 0.638. The molecule has 1 amide bonds. The fraction of sp³-hybridized carbons (Fsp3) is 0.524. The van der Waals surface area contributed by atoms with E-state index < -0.39 is 0 Å². The lowest BCUT2D eigenvalue weighted by Gasteiger charge is -2.28. The summed E-state index contributed by atoms with van der Waals surface area (Å²) < 4.78 is 11.2. The number of benzene rings is 1. The number of aldehydes is 1. The number of nitrogens with zero attached hydrogens (tertiary/aromatic N) is 1. The quantitative estimate of drug-likeness (QED) is 0.473. The summed E-state index contributed by atoms with van der Waals surface area (Å²) in [7, 11) is 5.11. The third-order valence-corrected chi connectivity index (χ3v) is 4.64. The third kappa shape index (κ3) is 6.64. The molecule has 1 aromatic carbocycles. The van der Waals surface area contributed by atoms with Gasteiger partial charge in [-0.25, -0.2) is 0 Å². The van der Waals surface area contributed by atoms with Crippen molar-refractivity contribution in [2.75, 3.05) is 21.2 Å². The normalized spacial score (nSPS) is 15.1. The summed E-state index contributed by atoms with van der Waals surface area (Å²) in [5, 5.41) is 0. The second-order valence-corrected chi connectivity index (χ2v) is 6.85. The van der Waals surface area contributed by atoms with Crippen molar-refractivity contribution in [1.82, 2.24) is 4.90 Å². The van der Waals surface area contributed by atoms with Crippen LogP contribution in [-0.2, 0) is 20.9 Å². The fourth-order valence-corrected chi connectivity index (χ4v) is 2.62. The minimum absolute atomic E-state index is 0.0309. The number of carbonyl (C=O) groups excluding carboxylic acids is 2. The molecule has 0 saturated carbocycles. The molecular formula is C21H31NO4. The molecule has 0 heterocycles. The van der Waals surface area contributed by atoms with Crippen LogP contribution in [0.5, 0.6) is 5.75 Å². The first-order chi connectivity index (χ1) is 12.3. The Hall–Kier alpha value is -2.14. The number of carbonyl (C=O) groups is 2. The Labute approximate surface area is 157 Å². The van der Waals surface area contributed by atoms with Crippen LogP contribution in [0, 0.1) is 11.8 Å². The van der Waals surface area contributed by atoms with Gasteiger partial charge in [0.05, 0.1) is 19.8 Å². The minimum atomic E-state index is -0.250. The molecule has 0 aliphatic heterocycles. The molecule has 1 aromatic rings. The molecule has 0 saturated heterocycles. The molecule has 0 aliphatic rings. The summed E-state index contributed by atoms with van der Waals surface area (Å²) in [6.07, 6.45) is 2.95. The van der Waals surface area contributed by atoms with Crippen molar-refractivity contribution in [3.8, 4) is 5.75 Å². The number of rotatable bonds is 10. The Bertz CT molecular complexity index is 607. The molecule has 26 heavy (non-hydrogen) atoms. The van der Waals surface area contributed by atoms with Crippen LogP contribution >= 0.6 is 0 Å².